The summed E-state index contributed by atoms with van der Waals surface area (Å²) in [6.07, 6.45) is 5.32. The van der Waals surface area contributed by atoms with Gasteiger partial charge in [-0.15, -0.1) is 0 Å². The molecule has 0 saturated carbocycles. The van der Waals surface area contributed by atoms with Crippen LogP contribution in [-0.4, -0.2) is 23.6 Å². The number of hydrogen-bond acceptors (Lipinski definition) is 3. The lowest BCUT2D eigenvalue weighted by atomic mass is 10.1. The van der Waals surface area contributed by atoms with E-state index in [4.69, 9.17) is 10.9 Å². The van der Waals surface area contributed by atoms with Gasteiger partial charge >= 0.3 is 0 Å². The van der Waals surface area contributed by atoms with Crippen LogP contribution in [0.2, 0.25) is 0 Å². The lowest BCUT2D eigenvalue weighted by Gasteiger charge is -2.12. The van der Waals surface area contributed by atoms with Gasteiger partial charge in [0, 0.05) is 12.5 Å². The highest BCUT2D eigenvalue weighted by molar-refractivity contribution is 5.79. The average Bonchev–Trinajstić information content (AvgIpc) is 2.21. The lowest BCUT2D eigenvalue weighted by Crippen LogP contribution is -2.27. The average molecular weight is 201 g/mol. The second-order valence-electron chi connectivity index (χ2n) is 3.69. The van der Waals surface area contributed by atoms with Gasteiger partial charge in [-0.25, -0.2) is 0 Å². The van der Waals surface area contributed by atoms with E-state index >= 15 is 0 Å². The van der Waals surface area contributed by atoms with Crippen LogP contribution in [0.5, 0.6) is 0 Å². The van der Waals surface area contributed by atoms with Crippen LogP contribution in [0.4, 0.5) is 0 Å². The SMILES string of the molecule is CCCCC(C)NCCCC(N)=NO. The number of nitrogens with one attached hydrogen (secondary N) is 1. The Kier molecular flexibility index (Phi) is 8.33. The van der Waals surface area contributed by atoms with Crippen LogP contribution < -0.4 is 11.1 Å². The van der Waals surface area contributed by atoms with Gasteiger partial charge in [0.2, 0.25) is 0 Å². The first kappa shape index (κ1) is 13.2. The van der Waals surface area contributed by atoms with E-state index in [1.165, 1.54) is 19.3 Å². The molecule has 0 aliphatic rings. The number of unbranched alkanes of at least 4 members (excludes halogenated alkanes) is 1. The summed E-state index contributed by atoms with van der Waals surface area (Å²) < 4.78 is 0. The van der Waals surface area contributed by atoms with E-state index in [1.807, 2.05) is 0 Å². The Morgan fingerprint density at radius 1 is 1.50 bits per heavy atom. The Balaban J connectivity index is 3.27. The highest BCUT2D eigenvalue weighted by atomic mass is 16.4. The fourth-order valence-corrected chi connectivity index (χ4v) is 1.28. The maximum Gasteiger partial charge on any atom is 0.139 e. The van der Waals surface area contributed by atoms with Gasteiger partial charge < -0.3 is 16.3 Å². The molecule has 4 N–H and O–H groups in total. The van der Waals surface area contributed by atoms with Gasteiger partial charge in [0.1, 0.15) is 5.84 Å². The normalized spacial score (nSPS) is 14.3. The number of nitrogens with zero attached hydrogens (tertiary/aromatic N) is 1. The largest absolute Gasteiger partial charge is 0.409 e. The minimum absolute atomic E-state index is 0.313. The molecule has 0 saturated heterocycles. The zero-order chi connectivity index (χ0) is 10.8. The molecule has 84 valence electrons. The van der Waals surface area contributed by atoms with Crippen molar-refractivity contribution in [2.75, 3.05) is 6.54 Å². The third kappa shape index (κ3) is 7.86. The molecule has 0 aromatic carbocycles. The maximum atomic E-state index is 8.30. The van der Waals surface area contributed by atoms with E-state index < -0.39 is 0 Å². The van der Waals surface area contributed by atoms with E-state index in [-0.39, 0.29) is 0 Å². The van der Waals surface area contributed by atoms with Crippen LogP contribution in [0.15, 0.2) is 5.16 Å². The van der Waals surface area contributed by atoms with Crippen molar-refractivity contribution in [1.82, 2.24) is 5.32 Å². The summed E-state index contributed by atoms with van der Waals surface area (Å²) in [6, 6.07) is 0.572. The van der Waals surface area contributed by atoms with E-state index in [1.54, 1.807) is 0 Å². The summed E-state index contributed by atoms with van der Waals surface area (Å²) in [7, 11) is 0. The highest BCUT2D eigenvalue weighted by Gasteiger charge is 1.99. The molecule has 0 spiro atoms. The number of rotatable bonds is 8. The Labute approximate surface area is 86.6 Å². The molecule has 1 atom stereocenters. The van der Waals surface area contributed by atoms with E-state index in [0.29, 0.717) is 18.3 Å². The zero-order valence-electron chi connectivity index (χ0n) is 9.29. The molecule has 0 bridgehead atoms. The lowest BCUT2D eigenvalue weighted by molar-refractivity contribution is 0.316. The van der Waals surface area contributed by atoms with Gasteiger partial charge in [0.25, 0.3) is 0 Å². The molecule has 0 aromatic rings. The molecule has 14 heavy (non-hydrogen) atoms. The molecule has 0 aliphatic carbocycles. The smallest absolute Gasteiger partial charge is 0.139 e. The van der Waals surface area contributed by atoms with Crippen LogP contribution in [0.3, 0.4) is 0 Å². The van der Waals surface area contributed by atoms with Crippen LogP contribution in [-0.2, 0) is 0 Å². The molecule has 0 rings (SSSR count). The van der Waals surface area contributed by atoms with Crippen molar-refractivity contribution >= 4 is 5.84 Å². The van der Waals surface area contributed by atoms with Gasteiger partial charge in [-0.3, -0.25) is 0 Å². The maximum absolute atomic E-state index is 8.30. The molecule has 0 amide bonds. The second-order valence-corrected chi connectivity index (χ2v) is 3.69. The molecule has 1 unspecified atom stereocenters. The van der Waals surface area contributed by atoms with Crippen molar-refractivity contribution in [3.63, 3.8) is 0 Å². The molecule has 0 aliphatic heterocycles. The minimum Gasteiger partial charge on any atom is -0.409 e. The molecular formula is C10H23N3O. The van der Waals surface area contributed by atoms with Gasteiger partial charge in [-0.05, 0) is 26.3 Å². The molecule has 0 heterocycles. The summed E-state index contributed by atoms with van der Waals surface area (Å²) >= 11 is 0. The predicted octanol–water partition coefficient (Wildman–Crippen LogP) is 1.68. The minimum atomic E-state index is 0.313. The van der Waals surface area contributed by atoms with Crippen molar-refractivity contribution < 1.29 is 5.21 Å². The standard InChI is InChI=1S/C10H23N3O/c1-3-4-6-9(2)12-8-5-7-10(11)13-14/h9,12,14H,3-8H2,1-2H3,(H2,11,13). The first-order valence-corrected chi connectivity index (χ1v) is 5.40. The third-order valence-electron chi connectivity index (χ3n) is 2.22. The van der Waals surface area contributed by atoms with Crippen molar-refractivity contribution in [1.29, 1.82) is 0 Å². The number of amidine groups is 1. The second kappa shape index (κ2) is 8.81. The van der Waals surface area contributed by atoms with E-state index in [0.717, 1.165) is 13.0 Å². The third-order valence-corrected chi connectivity index (χ3v) is 2.22. The molecule has 0 aromatic heterocycles. The molecule has 4 nitrogen and oxygen atoms in total. The van der Waals surface area contributed by atoms with Gasteiger partial charge in [-0.2, -0.15) is 0 Å². The topological polar surface area (TPSA) is 70.6 Å². The zero-order valence-corrected chi connectivity index (χ0v) is 9.29. The van der Waals surface area contributed by atoms with Gasteiger partial charge in [0.05, 0.1) is 0 Å². The molecular weight excluding hydrogens is 178 g/mol. The van der Waals surface area contributed by atoms with Crippen molar-refractivity contribution in [3.8, 4) is 0 Å². The summed E-state index contributed by atoms with van der Waals surface area (Å²) in [6.45, 7) is 5.32. The van der Waals surface area contributed by atoms with Crippen molar-refractivity contribution in [2.24, 2.45) is 10.9 Å². The Hall–Kier alpha value is -0.770. The van der Waals surface area contributed by atoms with E-state index in [2.05, 4.69) is 24.3 Å². The van der Waals surface area contributed by atoms with Crippen LogP contribution in [0.25, 0.3) is 0 Å². The Morgan fingerprint density at radius 2 is 2.21 bits per heavy atom. The summed E-state index contributed by atoms with van der Waals surface area (Å²) in [5, 5.41) is 14.6. The molecule has 4 heteroatoms. The monoisotopic (exact) mass is 201 g/mol. The first-order valence-electron chi connectivity index (χ1n) is 5.40. The fraction of sp³-hybridized carbons (Fsp3) is 0.900. The first-order chi connectivity index (χ1) is 6.70. The summed E-state index contributed by atoms with van der Waals surface area (Å²) in [4.78, 5) is 0. The molecule has 0 radical (unpaired) electrons. The van der Waals surface area contributed by atoms with Crippen LogP contribution in [0, 0.1) is 0 Å². The predicted molar refractivity (Wildman–Crippen MR) is 59.6 cm³/mol. The van der Waals surface area contributed by atoms with Gasteiger partial charge in [-0.1, -0.05) is 24.9 Å². The van der Waals surface area contributed by atoms with Crippen molar-refractivity contribution in [3.05, 3.63) is 0 Å². The van der Waals surface area contributed by atoms with Crippen LogP contribution >= 0.6 is 0 Å². The Morgan fingerprint density at radius 3 is 2.79 bits per heavy atom. The van der Waals surface area contributed by atoms with Gasteiger partial charge in [0.15, 0.2) is 0 Å². The Bertz CT molecular complexity index is 159. The highest BCUT2D eigenvalue weighted by Crippen LogP contribution is 1.99. The fourth-order valence-electron chi connectivity index (χ4n) is 1.28. The van der Waals surface area contributed by atoms with E-state index in [9.17, 15) is 0 Å². The number of nitrogens with two attached hydrogens (primary N) is 1. The number of oxime groups is 1. The van der Waals surface area contributed by atoms with Crippen molar-refractivity contribution in [2.45, 2.75) is 52.0 Å². The summed E-state index contributed by atoms with van der Waals surface area (Å²) in [5.74, 6) is 0.313. The quantitative estimate of drug-likeness (QED) is 0.184. The number of hydrogen-bond donors (Lipinski definition) is 3. The van der Waals surface area contributed by atoms with Crippen LogP contribution in [0.1, 0.15) is 46.0 Å². The molecule has 0 fully saturated rings. The summed E-state index contributed by atoms with van der Waals surface area (Å²) in [5.41, 5.74) is 5.34.